The third-order valence-electron chi connectivity index (χ3n) is 8.78. The number of β-lactam (4-membered cyclic amide) rings is 1. The number of esters is 1. The summed E-state index contributed by atoms with van der Waals surface area (Å²) >= 11 is 2.58. The summed E-state index contributed by atoms with van der Waals surface area (Å²) in [7, 11) is 0. The van der Waals surface area contributed by atoms with Crippen molar-refractivity contribution < 1.29 is 33.9 Å². The van der Waals surface area contributed by atoms with Crippen LogP contribution in [0, 0.1) is 0 Å². The fraction of sp³-hybridized carbons (Fsp3) is 0.333. The lowest BCUT2D eigenvalue weighted by Crippen LogP contribution is -2.71. The van der Waals surface area contributed by atoms with Crippen LogP contribution < -0.4 is 16.0 Å². The number of rotatable bonds is 14. The van der Waals surface area contributed by atoms with Crippen molar-refractivity contribution in [2.24, 2.45) is 5.16 Å². The third-order valence-corrected chi connectivity index (χ3v) is 11.0. The molecule has 0 saturated carbocycles. The molecule has 2 atom stereocenters. The number of hydrogen-bond acceptors (Lipinski definition) is 12. The molecule has 2 amide bonds. The number of amides is 2. The number of oxime groups is 1. The number of nitrogens with zero attached hydrogens (tertiary/aromatic N) is 3. The molecule has 1 fully saturated rings. The second kappa shape index (κ2) is 19.1. The van der Waals surface area contributed by atoms with E-state index in [9.17, 15) is 24.3 Å². The van der Waals surface area contributed by atoms with Crippen LogP contribution in [-0.2, 0) is 34.3 Å². The molecule has 2 aliphatic rings. The molecule has 3 aromatic carbocycles. The lowest BCUT2D eigenvalue weighted by atomic mass is 9.77. The number of fused-ring (bicyclic) bond motifs is 1. The molecule has 300 valence electrons. The predicted molar refractivity (Wildman–Crippen MR) is 223 cm³/mol. The molecule has 4 N–H and O–H groups in total. The highest BCUT2D eigenvalue weighted by Crippen LogP contribution is 2.42. The Labute approximate surface area is 340 Å². The molecular formula is C42H48N6O7S2. The zero-order valence-electron chi connectivity index (χ0n) is 32.8. The maximum absolute atomic E-state index is 13.9. The number of anilines is 1. The maximum atomic E-state index is 13.9. The SMILES string of the molecule is CC1=C(C(=O)O)N2C(=O)C(NC(=O)C(=NOCC(=O)OC(C)(C)C)c3csc(NC(c4ccccc4)(c4ccccc4)c4ccccc4)n3)[C@H]2SC1.CCNCC. The van der Waals surface area contributed by atoms with Crippen LogP contribution in [0.2, 0.25) is 0 Å². The fourth-order valence-corrected chi connectivity index (χ4v) is 8.38. The summed E-state index contributed by atoms with van der Waals surface area (Å²) in [6, 6.07) is 28.8. The standard InChI is InChI=1S/C38H37N5O7S2.C4H11N/c1-23-21-51-34-30(33(46)43(34)31(23)35(47)48)40-32(45)29(42-49-20-28(44)50-37(2,3)4)27-22-52-36(39-27)41-38(24-14-8-5-9-15-24,25-16-10-6-11-17-25)26-18-12-7-13-19-26;1-3-5-4-2/h5-19,22,30,34H,20-21H2,1-4H3,(H,39,41)(H,40,45)(H,47,48);5H,3-4H2,1-2H3/t30?,34-;/m1./s1. The number of aromatic nitrogens is 1. The molecule has 3 heterocycles. The van der Waals surface area contributed by atoms with Crippen molar-refractivity contribution >= 4 is 57.7 Å². The summed E-state index contributed by atoms with van der Waals surface area (Å²) in [5, 5.41) is 24.7. The number of hydrogen-bond donors (Lipinski definition) is 4. The van der Waals surface area contributed by atoms with Gasteiger partial charge in [-0.1, -0.05) is 110 Å². The van der Waals surface area contributed by atoms with Crippen LogP contribution >= 0.6 is 23.1 Å². The van der Waals surface area contributed by atoms with Crippen LogP contribution in [0.15, 0.2) is 113 Å². The van der Waals surface area contributed by atoms with Crippen LogP contribution in [0.4, 0.5) is 5.13 Å². The Kier molecular flexibility index (Phi) is 14.3. The van der Waals surface area contributed by atoms with Gasteiger partial charge in [-0.05, 0) is 63.0 Å². The average Bonchev–Trinajstić information content (AvgIpc) is 3.66. The van der Waals surface area contributed by atoms with Crippen LogP contribution in [0.25, 0.3) is 0 Å². The summed E-state index contributed by atoms with van der Waals surface area (Å²) in [5.74, 6) is -2.87. The Hall–Kier alpha value is -5.51. The van der Waals surface area contributed by atoms with E-state index in [1.807, 2.05) is 91.0 Å². The zero-order valence-corrected chi connectivity index (χ0v) is 34.4. The van der Waals surface area contributed by atoms with Gasteiger partial charge in [0.2, 0.25) is 6.61 Å². The summed E-state index contributed by atoms with van der Waals surface area (Å²) < 4.78 is 5.31. The number of thioether (sulfide) groups is 1. The Morgan fingerprint density at radius 2 is 1.46 bits per heavy atom. The van der Waals surface area contributed by atoms with Crippen LogP contribution in [0.1, 0.15) is 63.9 Å². The van der Waals surface area contributed by atoms with Gasteiger partial charge in [0.05, 0.1) is 0 Å². The first kappa shape index (κ1) is 42.6. The van der Waals surface area contributed by atoms with Gasteiger partial charge in [-0.15, -0.1) is 23.1 Å². The van der Waals surface area contributed by atoms with Crippen molar-refractivity contribution in [1.82, 2.24) is 20.5 Å². The Morgan fingerprint density at radius 3 is 1.93 bits per heavy atom. The molecule has 0 spiro atoms. The number of benzene rings is 3. The normalized spacial score (nSPS) is 16.7. The van der Waals surface area contributed by atoms with E-state index in [1.165, 1.54) is 28.0 Å². The van der Waals surface area contributed by atoms with Gasteiger partial charge in [0.15, 0.2) is 10.8 Å². The van der Waals surface area contributed by atoms with Crippen molar-refractivity contribution in [3.63, 3.8) is 0 Å². The molecule has 6 rings (SSSR count). The van der Waals surface area contributed by atoms with E-state index in [4.69, 9.17) is 14.6 Å². The highest BCUT2D eigenvalue weighted by molar-refractivity contribution is 8.00. The van der Waals surface area contributed by atoms with Crippen molar-refractivity contribution in [1.29, 1.82) is 0 Å². The fourth-order valence-electron chi connectivity index (χ4n) is 6.34. The average molecular weight is 813 g/mol. The molecule has 1 aromatic heterocycles. The molecule has 2 aliphatic heterocycles. The van der Waals surface area contributed by atoms with E-state index >= 15 is 0 Å². The van der Waals surface area contributed by atoms with E-state index < -0.39 is 52.9 Å². The van der Waals surface area contributed by atoms with Gasteiger partial charge >= 0.3 is 11.9 Å². The van der Waals surface area contributed by atoms with Crippen molar-refractivity contribution in [2.75, 3.05) is 30.8 Å². The second-order valence-corrected chi connectivity index (χ2v) is 16.0. The maximum Gasteiger partial charge on any atom is 0.352 e. The van der Waals surface area contributed by atoms with Crippen molar-refractivity contribution in [3.8, 4) is 0 Å². The minimum atomic E-state index is -1.21. The molecule has 1 saturated heterocycles. The van der Waals surface area contributed by atoms with Gasteiger partial charge in [-0.3, -0.25) is 14.5 Å². The molecule has 4 aromatic rings. The van der Waals surface area contributed by atoms with Gasteiger partial charge in [0.25, 0.3) is 11.8 Å². The topological polar surface area (TPSA) is 172 Å². The number of nitrogens with one attached hydrogen (secondary N) is 3. The van der Waals surface area contributed by atoms with Gasteiger partial charge < -0.3 is 30.6 Å². The molecule has 0 radical (unpaired) electrons. The van der Waals surface area contributed by atoms with E-state index in [2.05, 4.69) is 35.0 Å². The van der Waals surface area contributed by atoms with Crippen molar-refractivity contribution in [3.05, 3.63) is 130 Å². The third kappa shape index (κ3) is 10.1. The Bertz CT molecular complexity index is 1990. The minimum absolute atomic E-state index is 0.0808. The summed E-state index contributed by atoms with van der Waals surface area (Å²) in [4.78, 5) is 62.7. The van der Waals surface area contributed by atoms with E-state index in [0.717, 1.165) is 29.8 Å². The Morgan fingerprint density at radius 1 is 0.912 bits per heavy atom. The smallest absolute Gasteiger partial charge is 0.352 e. The van der Waals surface area contributed by atoms with Gasteiger partial charge in [-0.25, -0.2) is 14.6 Å². The molecule has 0 aliphatic carbocycles. The zero-order chi connectivity index (χ0) is 41.2. The van der Waals surface area contributed by atoms with Gasteiger partial charge in [0, 0.05) is 11.1 Å². The number of carbonyl (C=O) groups is 4. The quantitative estimate of drug-likeness (QED) is 0.0388. The minimum Gasteiger partial charge on any atom is -0.477 e. The lowest BCUT2D eigenvalue weighted by Gasteiger charge is -2.49. The van der Waals surface area contributed by atoms with Crippen LogP contribution in [0.3, 0.4) is 0 Å². The highest BCUT2D eigenvalue weighted by atomic mass is 32.2. The number of ether oxygens (including phenoxy) is 1. The van der Waals surface area contributed by atoms with Gasteiger partial charge in [0.1, 0.15) is 33.9 Å². The molecule has 15 heteroatoms. The second-order valence-electron chi connectivity index (χ2n) is 14.1. The van der Waals surface area contributed by atoms with Crippen molar-refractivity contribution in [2.45, 2.75) is 64.1 Å². The monoisotopic (exact) mass is 812 g/mol. The highest BCUT2D eigenvalue weighted by Gasteiger charge is 2.54. The summed E-state index contributed by atoms with van der Waals surface area (Å²) in [6.45, 7) is 12.6. The number of aliphatic carboxylic acids is 1. The lowest BCUT2D eigenvalue weighted by molar-refractivity contribution is -0.160. The molecule has 0 bridgehead atoms. The first-order chi connectivity index (χ1) is 27.3. The first-order valence-electron chi connectivity index (χ1n) is 18.5. The number of carbonyl (C=O) groups excluding carboxylic acids is 3. The first-order valence-corrected chi connectivity index (χ1v) is 20.4. The molecule has 1 unspecified atom stereocenters. The molecular weight excluding hydrogens is 765 g/mol. The number of carboxylic acid groups (broad SMARTS) is 1. The summed E-state index contributed by atoms with van der Waals surface area (Å²) in [6.07, 6.45) is 0. The molecule has 57 heavy (non-hydrogen) atoms. The Balaban J connectivity index is 0.00000117. The van der Waals surface area contributed by atoms with Crippen LogP contribution in [-0.4, -0.2) is 86.9 Å². The predicted octanol–water partition coefficient (Wildman–Crippen LogP) is 5.98. The number of carboxylic acids is 1. The summed E-state index contributed by atoms with van der Waals surface area (Å²) in [5.41, 5.74) is 1.48. The largest absolute Gasteiger partial charge is 0.477 e. The molecule has 13 nitrogen and oxygen atoms in total. The van der Waals surface area contributed by atoms with E-state index in [-0.39, 0.29) is 17.1 Å². The number of thiazole rings is 1. The van der Waals surface area contributed by atoms with E-state index in [0.29, 0.717) is 16.5 Å². The van der Waals surface area contributed by atoms with Crippen LogP contribution in [0.5, 0.6) is 0 Å². The van der Waals surface area contributed by atoms with E-state index in [1.54, 1.807) is 33.1 Å². The van der Waals surface area contributed by atoms with Gasteiger partial charge in [-0.2, -0.15) is 0 Å².